The van der Waals surface area contributed by atoms with Gasteiger partial charge in [-0.15, -0.1) is 0 Å². The third-order valence-electron chi connectivity index (χ3n) is 2.45. The molecule has 1 aromatic rings. The van der Waals surface area contributed by atoms with Crippen molar-refractivity contribution in [3.63, 3.8) is 0 Å². The van der Waals surface area contributed by atoms with Gasteiger partial charge in [-0.05, 0) is 23.6 Å². The van der Waals surface area contributed by atoms with Gasteiger partial charge in [0.25, 0.3) is 0 Å². The van der Waals surface area contributed by atoms with Gasteiger partial charge in [0.15, 0.2) is 6.10 Å². The number of rotatable bonds is 4. The predicted molar refractivity (Wildman–Crippen MR) is 59.7 cm³/mol. The van der Waals surface area contributed by atoms with E-state index in [4.69, 9.17) is 9.84 Å². The van der Waals surface area contributed by atoms with Crippen LogP contribution in [-0.4, -0.2) is 23.3 Å². The molecule has 0 aromatic heterocycles. The van der Waals surface area contributed by atoms with Crippen LogP contribution in [0.3, 0.4) is 0 Å². The number of aliphatic carboxylic acids is 1. The molecular formula is C12H16O4. The fraction of sp³-hybridized carbons (Fsp3) is 0.417. The van der Waals surface area contributed by atoms with Crippen molar-refractivity contribution in [2.45, 2.75) is 25.9 Å². The van der Waals surface area contributed by atoms with Gasteiger partial charge in [0.1, 0.15) is 5.75 Å². The summed E-state index contributed by atoms with van der Waals surface area (Å²) in [6.45, 7) is 4.00. The van der Waals surface area contributed by atoms with Crippen LogP contribution in [0.2, 0.25) is 0 Å². The molecule has 2 N–H and O–H groups in total. The summed E-state index contributed by atoms with van der Waals surface area (Å²) in [5, 5.41) is 18.3. The molecule has 1 atom stereocenters. The molecule has 0 aliphatic rings. The topological polar surface area (TPSA) is 66.8 Å². The van der Waals surface area contributed by atoms with Crippen LogP contribution in [0.25, 0.3) is 0 Å². The lowest BCUT2D eigenvalue weighted by Gasteiger charge is -2.14. The smallest absolute Gasteiger partial charge is 0.337 e. The zero-order valence-corrected chi connectivity index (χ0v) is 9.60. The second-order valence-corrected chi connectivity index (χ2v) is 3.90. The van der Waals surface area contributed by atoms with Gasteiger partial charge < -0.3 is 14.9 Å². The van der Waals surface area contributed by atoms with Crippen LogP contribution in [0.1, 0.15) is 37.0 Å². The number of aliphatic hydroxyl groups is 1. The van der Waals surface area contributed by atoms with Crippen molar-refractivity contribution >= 4 is 5.97 Å². The van der Waals surface area contributed by atoms with Crippen molar-refractivity contribution < 1.29 is 19.7 Å². The summed E-state index contributed by atoms with van der Waals surface area (Å²) >= 11 is 0. The number of hydrogen-bond donors (Lipinski definition) is 2. The van der Waals surface area contributed by atoms with E-state index in [1.807, 2.05) is 19.9 Å². The van der Waals surface area contributed by atoms with Gasteiger partial charge in [0.05, 0.1) is 7.11 Å². The molecule has 88 valence electrons. The van der Waals surface area contributed by atoms with E-state index < -0.39 is 12.1 Å². The summed E-state index contributed by atoms with van der Waals surface area (Å²) in [5.41, 5.74) is 1.26. The largest absolute Gasteiger partial charge is 0.496 e. The first-order chi connectivity index (χ1) is 7.47. The molecule has 1 aromatic carbocycles. The van der Waals surface area contributed by atoms with Crippen molar-refractivity contribution in [2.24, 2.45) is 0 Å². The lowest BCUT2D eigenvalue weighted by atomic mass is 9.98. The molecule has 0 amide bonds. The molecule has 0 saturated carbocycles. The average Bonchev–Trinajstić information content (AvgIpc) is 2.26. The number of aliphatic hydroxyl groups excluding tert-OH is 1. The molecule has 0 fully saturated rings. The molecule has 0 aliphatic carbocycles. The Morgan fingerprint density at radius 1 is 1.38 bits per heavy atom. The summed E-state index contributed by atoms with van der Waals surface area (Å²) in [6.07, 6.45) is -1.55. The molecule has 4 heteroatoms. The molecule has 16 heavy (non-hydrogen) atoms. The van der Waals surface area contributed by atoms with Gasteiger partial charge in [-0.25, -0.2) is 4.79 Å². The van der Waals surface area contributed by atoms with Crippen molar-refractivity contribution in [2.75, 3.05) is 7.11 Å². The summed E-state index contributed by atoms with van der Waals surface area (Å²) in [7, 11) is 1.45. The lowest BCUT2D eigenvalue weighted by molar-refractivity contribution is -0.147. The first-order valence-corrected chi connectivity index (χ1v) is 5.06. The molecule has 0 bridgehead atoms. The predicted octanol–water partition coefficient (Wildman–Crippen LogP) is 1.94. The van der Waals surface area contributed by atoms with Gasteiger partial charge in [-0.2, -0.15) is 0 Å². The minimum Gasteiger partial charge on any atom is -0.496 e. The third-order valence-corrected chi connectivity index (χ3v) is 2.45. The summed E-state index contributed by atoms with van der Waals surface area (Å²) in [4.78, 5) is 10.7. The quantitative estimate of drug-likeness (QED) is 0.820. The maximum atomic E-state index is 10.7. The maximum Gasteiger partial charge on any atom is 0.337 e. The monoisotopic (exact) mass is 224 g/mol. The fourth-order valence-electron chi connectivity index (χ4n) is 1.46. The van der Waals surface area contributed by atoms with Gasteiger partial charge in [-0.3, -0.25) is 0 Å². The molecular weight excluding hydrogens is 208 g/mol. The fourth-order valence-corrected chi connectivity index (χ4v) is 1.46. The number of carboxylic acid groups (broad SMARTS) is 1. The van der Waals surface area contributed by atoms with Crippen molar-refractivity contribution in [3.05, 3.63) is 29.3 Å². The number of ether oxygens (including phenoxy) is 1. The number of carbonyl (C=O) groups is 1. The van der Waals surface area contributed by atoms with Gasteiger partial charge in [-0.1, -0.05) is 19.9 Å². The Hall–Kier alpha value is -1.55. The van der Waals surface area contributed by atoms with E-state index in [1.165, 1.54) is 7.11 Å². The first-order valence-electron chi connectivity index (χ1n) is 5.06. The highest BCUT2D eigenvalue weighted by molar-refractivity contribution is 5.75. The Morgan fingerprint density at radius 3 is 2.44 bits per heavy atom. The van der Waals surface area contributed by atoms with E-state index >= 15 is 0 Å². The highest BCUT2D eigenvalue weighted by atomic mass is 16.5. The van der Waals surface area contributed by atoms with Crippen LogP contribution in [0.4, 0.5) is 0 Å². The van der Waals surface area contributed by atoms with Gasteiger partial charge >= 0.3 is 5.97 Å². The van der Waals surface area contributed by atoms with Crippen LogP contribution in [0, 0.1) is 0 Å². The Balaban J connectivity index is 3.21. The Morgan fingerprint density at radius 2 is 2.00 bits per heavy atom. The van der Waals surface area contributed by atoms with E-state index in [0.29, 0.717) is 11.3 Å². The Bertz CT molecular complexity index is 385. The van der Waals surface area contributed by atoms with Crippen LogP contribution in [0.15, 0.2) is 18.2 Å². The number of hydrogen-bond acceptors (Lipinski definition) is 3. The van der Waals surface area contributed by atoms with Crippen LogP contribution in [0.5, 0.6) is 5.75 Å². The van der Waals surface area contributed by atoms with Crippen molar-refractivity contribution in [1.29, 1.82) is 0 Å². The molecule has 4 nitrogen and oxygen atoms in total. The summed E-state index contributed by atoms with van der Waals surface area (Å²) < 4.78 is 5.03. The number of methoxy groups -OCH3 is 1. The van der Waals surface area contributed by atoms with Crippen LogP contribution < -0.4 is 4.74 Å². The van der Waals surface area contributed by atoms with E-state index in [1.54, 1.807) is 12.1 Å². The zero-order chi connectivity index (χ0) is 12.3. The standard InChI is InChI=1S/C12H16O4/c1-7(2)8-4-5-10(16-3)9(6-8)11(13)12(14)15/h4-7,11,13H,1-3H3,(H,14,15). The normalized spacial score (nSPS) is 12.6. The van der Waals surface area contributed by atoms with Gasteiger partial charge in [0, 0.05) is 5.56 Å². The van der Waals surface area contributed by atoms with E-state index in [-0.39, 0.29) is 5.92 Å². The first kappa shape index (κ1) is 12.5. The highest BCUT2D eigenvalue weighted by Gasteiger charge is 2.21. The molecule has 1 rings (SSSR count). The molecule has 1 unspecified atom stereocenters. The second-order valence-electron chi connectivity index (χ2n) is 3.90. The Kier molecular flexibility index (Phi) is 3.90. The molecule has 0 aliphatic heterocycles. The van der Waals surface area contributed by atoms with Crippen LogP contribution in [-0.2, 0) is 4.79 Å². The molecule has 0 radical (unpaired) electrons. The van der Waals surface area contributed by atoms with E-state index in [9.17, 15) is 9.90 Å². The van der Waals surface area contributed by atoms with E-state index in [0.717, 1.165) is 5.56 Å². The summed E-state index contributed by atoms with van der Waals surface area (Å²) in [5.74, 6) is -0.621. The zero-order valence-electron chi connectivity index (χ0n) is 9.60. The highest BCUT2D eigenvalue weighted by Crippen LogP contribution is 2.29. The number of carboxylic acids is 1. The summed E-state index contributed by atoms with van der Waals surface area (Å²) in [6, 6.07) is 5.21. The van der Waals surface area contributed by atoms with Gasteiger partial charge in [0.2, 0.25) is 0 Å². The van der Waals surface area contributed by atoms with Crippen molar-refractivity contribution in [3.8, 4) is 5.75 Å². The van der Waals surface area contributed by atoms with Crippen LogP contribution >= 0.6 is 0 Å². The van der Waals surface area contributed by atoms with Crippen molar-refractivity contribution in [1.82, 2.24) is 0 Å². The number of benzene rings is 1. The molecule has 0 saturated heterocycles. The lowest BCUT2D eigenvalue weighted by Crippen LogP contribution is -2.12. The minimum absolute atomic E-state index is 0.269. The van der Waals surface area contributed by atoms with E-state index in [2.05, 4.69) is 0 Å². The SMILES string of the molecule is COc1ccc(C(C)C)cc1C(O)C(=O)O. The second kappa shape index (κ2) is 4.99. The molecule has 0 heterocycles. The third kappa shape index (κ3) is 2.52. The Labute approximate surface area is 94.5 Å². The maximum absolute atomic E-state index is 10.7. The minimum atomic E-state index is -1.55. The average molecular weight is 224 g/mol. The molecule has 0 spiro atoms.